The molecule has 3 saturated heterocycles. The minimum Gasteiger partial charge on any atom is -0.348 e. The molecule has 0 aromatic heterocycles. The van der Waals surface area contributed by atoms with E-state index in [1.165, 1.54) is 25.7 Å². The molecule has 2 amide bonds. The van der Waals surface area contributed by atoms with Crippen molar-refractivity contribution in [3.8, 4) is 0 Å². The maximum absolute atomic E-state index is 13.4. The highest BCUT2D eigenvalue weighted by atomic mass is 16.2. The summed E-state index contributed by atoms with van der Waals surface area (Å²) >= 11 is 0. The summed E-state index contributed by atoms with van der Waals surface area (Å²) in [6.45, 7) is 13.6. The molecule has 5 aliphatic rings. The zero-order valence-corrected chi connectivity index (χ0v) is 21.4. The van der Waals surface area contributed by atoms with E-state index in [1.807, 2.05) is 35.2 Å². The first-order valence-corrected chi connectivity index (χ1v) is 13.6. The average Bonchev–Trinajstić information content (AvgIpc) is 3.45. The second-order valence-corrected chi connectivity index (χ2v) is 12.2. The molecule has 1 N–H and O–H groups in total. The average molecular weight is 469 g/mol. The molecule has 186 valence electrons. The number of rotatable bonds is 8. The normalized spacial score (nSPS) is 34.9. The Morgan fingerprint density at radius 2 is 1.53 bits per heavy atom. The number of nitrogens with one attached hydrogen (secondary N) is 1. The molecule has 1 aromatic carbocycles. The van der Waals surface area contributed by atoms with Crippen LogP contribution in [0.4, 0.5) is 5.69 Å². The molecular weight excluding hydrogens is 424 g/mol. The van der Waals surface area contributed by atoms with Crippen molar-refractivity contribution in [3.05, 3.63) is 30.3 Å². The van der Waals surface area contributed by atoms with E-state index < -0.39 is 0 Å². The number of hydrogen-bond donors (Lipinski definition) is 1. The quantitative estimate of drug-likeness (QED) is 0.597. The number of hydrogen-bond acceptors (Lipinski definition) is 2. The van der Waals surface area contributed by atoms with Gasteiger partial charge in [0.05, 0.1) is 0 Å². The van der Waals surface area contributed by atoms with Crippen LogP contribution in [-0.2, 0) is 9.59 Å². The molecule has 6 rings (SSSR count). The summed E-state index contributed by atoms with van der Waals surface area (Å²) < 4.78 is 1.80. The molecule has 5 fully saturated rings. The minimum absolute atomic E-state index is 0.137. The first-order chi connectivity index (χ1) is 16.3. The summed E-state index contributed by atoms with van der Waals surface area (Å²) in [5.74, 6) is 2.91. The van der Waals surface area contributed by atoms with E-state index in [-0.39, 0.29) is 17.9 Å². The lowest BCUT2D eigenvalue weighted by Crippen LogP contribution is -2.77. The third-order valence-electron chi connectivity index (χ3n) is 9.74. The highest BCUT2D eigenvalue weighted by Crippen LogP contribution is 2.49. The fourth-order valence-electron chi connectivity index (χ4n) is 7.72. The Labute approximate surface area is 205 Å². The van der Waals surface area contributed by atoms with Crippen molar-refractivity contribution >= 4 is 17.5 Å². The molecule has 6 nitrogen and oxygen atoms in total. The van der Waals surface area contributed by atoms with Gasteiger partial charge in [0.2, 0.25) is 0 Å². The number of quaternary nitrogens is 2. The van der Waals surface area contributed by atoms with Gasteiger partial charge in [-0.3, -0.25) is 9.59 Å². The van der Waals surface area contributed by atoms with Gasteiger partial charge >= 0.3 is 0 Å². The third kappa shape index (κ3) is 4.64. The smallest absolute Gasteiger partial charge is 0.282 e. The predicted octanol–water partition coefficient (Wildman–Crippen LogP) is 3.03. The zero-order valence-electron chi connectivity index (χ0n) is 21.4. The summed E-state index contributed by atoms with van der Waals surface area (Å²) in [5.41, 5.74) is 0.987. The minimum atomic E-state index is 0.137. The maximum Gasteiger partial charge on any atom is 0.282 e. The number of amides is 2. The molecular formula is C28H44N4O2+2. The van der Waals surface area contributed by atoms with Crippen LogP contribution in [-0.4, -0.2) is 85.2 Å². The molecule has 6 heteroatoms. The van der Waals surface area contributed by atoms with Crippen molar-refractivity contribution in [1.82, 2.24) is 5.32 Å². The lowest BCUT2D eigenvalue weighted by molar-refractivity contribution is -1.07. The van der Waals surface area contributed by atoms with Gasteiger partial charge in [0, 0.05) is 17.8 Å². The number of benzene rings is 1. The Morgan fingerprint density at radius 3 is 2.06 bits per heavy atom. The maximum atomic E-state index is 13.4. The fourth-order valence-corrected chi connectivity index (χ4v) is 7.72. The van der Waals surface area contributed by atoms with Crippen LogP contribution in [0.15, 0.2) is 30.3 Å². The Morgan fingerprint density at radius 1 is 0.912 bits per heavy atom. The zero-order chi connectivity index (χ0) is 23.9. The van der Waals surface area contributed by atoms with Crippen LogP contribution in [0.25, 0.3) is 0 Å². The number of carbonyl (C=O) groups excluding carboxylic acids is 2. The van der Waals surface area contributed by atoms with Crippen LogP contribution in [0, 0.1) is 17.8 Å². The van der Waals surface area contributed by atoms with Crippen molar-refractivity contribution < 1.29 is 18.6 Å². The summed E-state index contributed by atoms with van der Waals surface area (Å²) in [7, 11) is 0. The first kappa shape index (κ1) is 23.8. The molecule has 0 unspecified atom stereocenters. The largest absolute Gasteiger partial charge is 0.348 e. The summed E-state index contributed by atoms with van der Waals surface area (Å²) in [6, 6.07) is 10.5. The van der Waals surface area contributed by atoms with Gasteiger partial charge in [-0.25, -0.2) is 0 Å². The Kier molecular flexibility index (Phi) is 6.49. The van der Waals surface area contributed by atoms with Gasteiger partial charge in [0.25, 0.3) is 11.8 Å². The van der Waals surface area contributed by atoms with Crippen LogP contribution < -0.4 is 10.2 Å². The standard InChI is InChI=1S/C28H43N4O2/c1-21(2)30(25-7-5-4-6-8-25)28(34)20-32-14-11-31(12-15-32,13-16-32)19-27(33)29-22(3)26-18-23-9-10-24(26)17-23/h4-8,21-24,26H,9-20H2,1-3H3/q+1/p+1/t22-,23+,24+,26-,31?,32?/m1/s1. The van der Waals surface area contributed by atoms with Gasteiger partial charge in [-0.2, -0.15) is 0 Å². The number of fused-ring (bicyclic) bond motifs is 5. The molecule has 4 bridgehead atoms. The number of carbonyl (C=O) groups is 2. The van der Waals surface area contributed by atoms with Crippen LogP contribution >= 0.6 is 0 Å². The van der Waals surface area contributed by atoms with Crippen LogP contribution in [0.5, 0.6) is 0 Å². The van der Waals surface area contributed by atoms with Gasteiger partial charge in [-0.15, -0.1) is 0 Å². The SMILES string of the molecule is CC(C)N(C(=O)C[N+]12CC[N+](CC(=O)N[C@H](C)[C@H]3C[C@H]4CC[C@H]3C4)(CC1)CC2)c1ccccc1. The van der Waals surface area contributed by atoms with E-state index in [1.54, 1.807) is 0 Å². The van der Waals surface area contributed by atoms with Crippen molar-refractivity contribution in [3.63, 3.8) is 0 Å². The van der Waals surface area contributed by atoms with Gasteiger partial charge in [-0.05, 0) is 69.9 Å². The molecule has 2 aliphatic carbocycles. The van der Waals surface area contributed by atoms with Crippen LogP contribution in [0.3, 0.4) is 0 Å². The second kappa shape index (κ2) is 9.27. The summed E-state index contributed by atoms with van der Waals surface area (Å²) in [6.07, 6.45) is 5.48. The molecule has 3 aliphatic heterocycles. The van der Waals surface area contributed by atoms with E-state index in [9.17, 15) is 9.59 Å². The van der Waals surface area contributed by atoms with E-state index in [4.69, 9.17) is 0 Å². The highest BCUT2D eigenvalue weighted by Gasteiger charge is 2.51. The van der Waals surface area contributed by atoms with Crippen molar-refractivity contribution in [2.24, 2.45) is 17.8 Å². The molecule has 2 saturated carbocycles. The third-order valence-corrected chi connectivity index (χ3v) is 9.74. The topological polar surface area (TPSA) is 49.4 Å². The van der Waals surface area contributed by atoms with Crippen molar-refractivity contribution in [2.75, 3.05) is 57.3 Å². The number of para-hydroxylation sites is 1. The molecule has 34 heavy (non-hydrogen) atoms. The van der Waals surface area contributed by atoms with Crippen molar-refractivity contribution in [2.45, 2.75) is 58.5 Å². The molecule has 1 aromatic rings. The van der Waals surface area contributed by atoms with E-state index in [0.717, 1.165) is 65.8 Å². The van der Waals surface area contributed by atoms with Crippen LogP contribution in [0.2, 0.25) is 0 Å². The molecule has 4 atom stereocenters. The van der Waals surface area contributed by atoms with E-state index in [2.05, 4.69) is 26.1 Å². The predicted molar refractivity (Wildman–Crippen MR) is 135 cm³/mol. The summed E-state index contributed by atoms with van der Waals surface area (Å²) in [4.78, 5) is 28.4. The fraction of sp³-hybridized carbons (Fsp3) is 0.714. The monoisotopic (exact) mass is 468 g/mol. The Bertz CT molecular complexity index is 876. The van der Waals surface area contributed by atoms with Crippen molar-refractivity contribution in [1.29, 1.82) is 0 Å². The van der Waals surface area contributed by atoms with E-state index in [0.29, 0.717) is 25.0 Å². The molecule has 3 heterocycles. The Hall–Kier alpha value is -1.92. The van der Waals surface area contributed by atoms with E-state index >= 15 is 0 Å². The first-order valence-electron chi connectivity index (χ1n) is 13.6. The van der Waals surface area contributed by atoms with Gasteiger partial charge in [0.15, 0.2) is 13.1 Å². The number of nitrogens with zero attached hydrogens (tertiary/aromatic N) is 3. The van der Waals surface area contributed by atoms with Crippen LogP contribution in [0.1, 0.15) is 46.5 Å². The number of piperazine rings is 3. The lowest BCUT2D eigenvalue weighted by atomic mass is 9.84. The summed E-state index contributed by atoms with van der Waals surface area (Å²) in [5, 5.41) is 3.40. The molecule has 0 spiro atoms. The highest BCUT2D eigenvalue weighted by molar-refractivity contribution is 5.94. The van der Waals surface area contributed by atoms with Gasteiger partial charge in [0.1, 0.15) is 39.3 Å². The number of anilines is 1. The second-order valence-electron chi connectivity index (χ2n) is 12.2. The molecule has 0 radical (unpaired) electrons. The Balaban J connectivity index is 1.15. The van der Waals surface area contributed by atoms with Gasteiger partial charge < -0.3 is 19.2 Å². The van der Waals surface area contributed by atoms with Gasteiger partial charge in [-0.1, -0.05) is 24.6 Å². The lowest BCUT2D eigenvalue weighted by Gasteiger charge is -2.55.